The predicted molar refractivity (Wildman–Crippen MR) is 145 cm³/mol. The monoisotopic (exact) mass is 536 g/mol. The van der Waals surface area contributed by atoms with Gasteiger partial charge in [-0.2, -0.15) is 0 Å². The lowest BCUT2D eigenvalue weighted by Gasteiger charge is -2.40. The fourth-order valence-electron chi connectivity index (χ4n) is 5.95. The van der Waals surface area contributed by atoms with Gasteiger partial charge in [0, 0.05) is 36.5 Å². The summed E-state index contributed by atoms with van der Waals surface area (Å²) in [6.07, 6.45) is 7.00. The van der Waals surface area contributed by atoms with Gasteiger partial charge in [-0.15, -0.1) is 0 Å². The molecule has 0 radical (unpaired) electrons. The van der Waals surface area contributed by atoms with Gasteiger partial charge in [0.2, 0.25) is 0 Å². The lowest BCUT2D eigenvalue weighted by molar-refractivity contribution is -0.142. The Hall–Kier alpha value is -0.966. The van der Waals surface area contributed by atoms with Crippen molar-refractivity contribution in [3.8, 4) is 0 Å². The Bertz CT molecular complexity index is 827. The highest BCUT2D eigenvalue weighted by atomic mass is 28.4. The van der Waals surface area contributed by atoms with Gasteiger partial charge in [-0.05, 0) is 36.3 Å². The Kier molecular flexibility index (Phi) is 7.28. The van der Waals surface area contributed by atoms with E-state index in [1.807, 2.05) is 0 Å². The summed E-state index contributed by atoms with van der Waals surface area (Å²) in [5.41, 5.74) is 0. The van der Waals surface area contributed by atoms with Gasteiger partial charge in [-0.3, -0.25) is 9.59 Å². The van der Waals surface area contributed by atoms with Crippen LogP contribution in [0.4, 0.5) is 0 Å². The van der Waals surface area contributed by atoms with E-state index in [4.69, 9.17) is 18.3 Å². The first-order valence-corrected chi connectivity index (χ1v) is 19.6. The van der Waals surface area contributed by atoms with Crippen molar-refractivity contribution in [1.29, 1.82) is 0 Å². The third kappa shape index (κ3) is 5.29. The fraction of sp³-hybridized carbons (Fsp3) is 0.857. The van der Waals surface area contributed by atoms with E-state index in [-0.39, 0.29) is 70.1 Å². The molecular weight excluding hydrogens is 488 g/mol. The highest BCUT2D eigenvalue weighted by Gasteiger charge is 2.54. The fourth-order valence-corrected chi connectivity index (χ4v) is 8.68. The summed E-state index contributed by atoms with van der Waals surface area (Å²) >= 11 is 0. The molecule has 0 aromatic rings. The van der Waals surface area contributed by atoms with Crippen LogP contribution < -0.4 is 0 Å². The molecule has 0 amide bonds. The van der Waals surface area contributed by atoms with Gasteiger partial charge in [0.05, 0.1) is 25.0 Å². The van der Waals surface area contributed by atoms with Crippen molar-refractivity contribution in [2.24, 2.45) is 23.7 Å². The van der Waals surface area contributed by atoms with Crippen LogP contribution in [-0.4, -0.2) is 53.0 Å². The van der Waals surface area contributed by atoms with Gasteiger partial charge in [-0.1, -0.05) is 53.7 Å². The molecule has 4 fully saturated rings. The number of hydrogen-bond acceptors (Lipinski definition) is 6. The minimum absolute atomic E-state index is 0.0451. The minimum atomic E-state index is -1.99. The molecular formula is C28H48O6Si2. The molecule has 6 nitrogen and oxygen atoms in total. The van der Waals surface area contributed by atoms with Gasteiger partial charge in [0.25, 0.3) is 0 Å². The van der Waals surface area contributed by atoms with Crippen LogP contribution in [0.5, 0.6) is 0 Å². The average molecular weight is 537 g/mol. The van der Waals surface area contributed by atoms with Crippen LogP contribution in [0.15, 0.2) is 12.2 Å². The van der Waals surface area contributed by atoms with Crippen molar-refractivity contribution >= 4 is 28.6 Å². The standard InChI is InChI=1S/C28H48O6Si2/c1-27(2,3)35(7,8)33-23-15-21-19(13-25(29)31-21)17(23)11-12-18-20-14-26(30)32-22(20)16-24(18)34-36(9,10)28(4,5)6/h11-12,17-24H,13-16H2,1-10H3/t17-,18-,19-,20-,21+,22+,23-,24-/m1/s1. The Morgan fingerprint density at radius 3 is 1.33 bits per heavy atom. The van der Waals surface area contributed by atoms with Crippen LogP contribution in [0.2, 0.25) is 36.3 Å². The molecule has 2 heterocycles. The molecule has 4 aliphatic rings. The summed E-state index contributed by atoms with van der Waals surface area (Å²) in [4.78, 5) is 24.3. The van der Waals surface area contributed by atoms with Gasteiger partial charge in [0.1, 0.15) is 12.2 Å². The quantitative estimate of drug-likeness (QED) is 0.228. The smallest absolute Gasteiger partial charge is 0.306 e. The summed E-state index contributed by atoms with van der Waals surface area (Å²) in [7, 11) is -3.98. The number of fused-ring (bicyclic) bond motifs is 2. The number of ether oxygens (including phenoxy) is 2. The highest BCUT2D eigenvalue weighted by molar-refractivity contribution is 6.74. The van der Waals surface area contributed by atoms with Crippen LogP contribution in [0.25, 0.3) is 0 Å². The van der Waals surface area contributed by atoms with E-state index in [0.717, 1.165) is 12.8 Å². The molecule has 2 aliphatic heterocycles. The lowest BCUT2D eigenvalue weighted by Crippen LogP contribution is -2.45. The molecule has 2 saturated carbocycles. The van der Waals surface area contributed by atoms with Crippen LogP contribution in [0.3, 0.4) is 0 Å². The molecule has 0 bridgehead atoms. The highest BCUT2D eigenvalue weighted by Crippen LogP contribution is 2.50. The first-order valence-electron chi connectivity index (χ1n) is 13.8. The van der Waals surface area contributed by atoms with Gasteiger partial charge < -0.3 is 18.3 Å². The molecule has 0 spiro atoms. The van der Waals surface area contributed by atoms with E-state index in [1.165, 1.54) is 0 Å². The zero-order valence-electron chi connectivity index (χ0n) is 24.1. The van der Waals surface area contributed by atoms with Crippen LogP contribution in [0.1, 0.15) is 67.2 Å². The van der Waals surface area contributed by atoms with Gasteiger partial charge in [0.15, 0.2) is 16.6 Å². The first kappa shape index (κ1) is 28.1. The summed E-state index contributed by atoms with van der Waals surface area (Å²) < 4.78 is 25.2. The van der Waals surface area contributed by atoms with E-state index in [0.29, 0.717) is 12.8 Å². The third-order valence-electron chi connectivity index (χ3n) is 10.2. The Labute approximate surface area is 220 Å². The normalized spacial score (nSPS) is 37.4. The molecule has 4 rings (SSSR count). The van der Waals surface area contributed by atoms with Crippen LogP contribution >= 0.6 is 0 Å². The summed E-state index contributed by atoms with van der Waals surface area (Å²) in [6.45, 7) is 22.7. The number of esters is 2. The Morgan fingerprint density at radius 2 is 1.03 bits per heavy atom. The molecule has 36 heavy (non-hydrogen) atoms. The zero-order valence-corrected chi connectivity index (χ0v) is 26.1. The van der Waals surface area contributed by atoms with E-state index in [9.17, 15) is 9.59 Å². The summed E-state index contributed by atoms with van der Waals surface area (Å²) in [6, 6.07) is 0. The average Bonchev–Trinajstić information content (AvgIpc) is 3.38. The lowest BCUT2D eigenvalue weighted by atomic mass is 9.87. The summed E-state index contributed by atoms with van der Waals surface area (Å²) in [5.74, 6) is 0.374. The molecule has 2 saturated heterocycles. The maximum atomic E-state index is 12.2. The molecule has 0 unspecified atom stereocenters. The molecule has 8 atom stereocenters. The number of hydrogen-bond donors (Lipinski definition) is 0. The SMILES string of the molecule is CC(C)(C)[Si](C)(C)O[C@@H]1C[C@@H]2OC(=O)C[C@@H]2[C@H]1C=C[C@@H]1[C@H]2CC(=O)O[C@H]2C[C@H]1O[Si](C)(C)C(C)(C)C. The van der Waals surface area contributed by atoms with Crippen molar-refractivity contribution in [3.63, 3.8) is 0 Å². The second kappa shape index (κ2) is 9.35. The van der Waals surface area contributed by atoms with Crippen molar-refractivity contribution in [3.05, 3.63) is 12.2 Å². The largest absolute Gasteiger partial charge is 0.462 e. The van der Waals surface area contributed by atoms with E-state index in [1.54, 1.807) is 0 Å². The molecule has 0 N–H and O–H groups in total. The van der Waals surface area contributed by atoms with Gasteiger partial charge >= 0.3 is 11.9 Å². The predicted octanol–water partition coefficient (Wildman–Crippen LogP) is 6.23. The Morgan fingerprint density at radius 1 is 0.694 bits per heavy atom. The van der Waals surface area contributed by atoms with E-state index in [2.05, 4.69) is 79.9 Å². The van der Waals surface area contributed by atoms with Crippen molar-refractivity contribution in [1.82, 2.24) is 0 Å². The minimum Gasteiger partial charge on any atom is -0.462 e. The molecule has 8 heteroatoms. The van der Waals surface area contributed by atoms with Crippen LogP contribution in [-0.2, 0) is 27.9 Å². The van der Waals surface area contributed by atoms with Crippen molar-refractivity contribution < 1.29 is 27.9 Å². The molecule has 2 aliphatic carbocycles. The van der Waals surface area contributed by atoms with E-state index < -0.39 is 16.6 Å². The topological polar surface area (TPSA) is 71.1 Å². The molecule has 0 aromatic carbocycles. The summed E-state index contributed by atoms with van der Waals surface area (Å²) in [5, 5.41) is 0.218. The van der Waals surface area contributed by atoms with Crippen molar-refractivity contribution in [2.75, 3.05) is 0 Å². The maximum absolute atomic E-state index is 12.2. The maximum Gasteiger partial charge on any atom is 0.306 e. The number of rotatable bonds is 6. The second-order valence-electron chi connectivity index (χ2n) is 14.6. The molecule has 204 valence electrons. The first-order chi connectivity index (χ1) is 16.4. The number of carbonyl (C=O) groups is 2. The van der Waals surface area contributed by atoms with E-state index >= 15 is 0 Å². The molecule has 0 aromatic heterocycles. The Balaban J connectivity index is 1.59. The van der Waals surface area contributed by atoms with Crippen LogP contribution in [0, 0.1) is 23.7 Å². The number of carbonyl (C=O) groups excluding carboxylic acids is 2. The van der Waals surface area contributed by atoms with Crippen molar-refractivity contribution in [2.45, 2.75) is 128 Å². The third-order valence-corrected chi connectivity index (χ3v) is 19.2. The zero-order chi connectivity index (χ0) is 26.8. The van der Waals surface area contributed by atoms with Gasteiger partial charge in [-0.25, -0.2) is 0 Å². The second-order valence-corrected chi connectivity index (χ2v) is 24.1.